The first-order valence-corrected chi connectivity index (χ1v) is 8.42. The molecule has 1 aliphatic heterocycles. The van der Waals surface area contributed by atoms with Crippen molar-refractivity contribution in [3.63, 3.8) is 0 Å². The highest BCUT2D eigenvalue weighted by atomic mass is 16.5. The molecule has 3 rings (SSSR count). The number of carbonyl (C=O) groups excluding carboxylic acids is 1. The Kier molecular flexibility index (Phi) is 5.12. The fourth-order valence-electron chi connectivity index (χ4n) is 3.42. The van der Waals surface area contributed by atoms with Crippen LogP contribution in [0.5, 0.6) is 5.75 Å². The second-order valence-electron chi connectivity index (χ2n) is 6.34. The van der Waals surface area contributed by atoms with Crippen molar-refractivity contribution in [3.05, 3.63) is 42.0 Å². The van der Waals surface area contributed by atoms with Crippen LogP contribution in [0.25, 0.3) is 10.8 Å². The number of hydrogen-bond acceptors (Lipinski definition) is 4. The third-order valence-electron chi connectivity index (χ3n) is 4.75. The summed E-state index contributed by atoms with van der Waals surface area (Å²) < 4.78 is 5.24. The number of likely N-dealkylation sites (tertiary alicyclic amines) is 1. The van der Waals surface area contributed by atoms with Gasteiger partial charge in [0.1, 0.15) is 5.75 Å². The van der Waals surface area contributed by atoms with Crippen molar-refractivity contribution in [2.45, 2.75) is 19.3 Å². The van der Waals surface area contributed by atoms with Crippen molar-refractivity contribution in [3.8, 4) is 11.8 Å². The predicted octanol–water partition coefficient (Wildman–Crippen LogP) is 3.66. The maximum Gasteiger partial charge on any atom is 0.167 e. The number of carbonyl (C=O) groups is 1. The molecular weight excluding hydrogens is 300 g/mol. The molecule has 0 amide bonds. The Morgan fingerprint density at radius 3 is 2.88 bits per heavy atom. The van der Waals surface area contributed by atoms with Crippen LogP contribution in [0.4, 0.5) is 0 Å². The number of hydrogen-bond donors (Lipinski definition) is 0. The summed E-state index contributed by atoms with van der Waals surface area (Å²) in [6.45, 7) is 2.52. The minimum absolute atomic E-state index is 0.0353. The molecule has 0 aromatic heterocycles. The van der Waals surface area contributed by atoms with Gasteiger partial charge in [-0.1, -0.05) is 18.2 Å². The van der Waals surface area contributed by atoms with E-state index >= 15 is 0 Å². The Morgan fingerprint density at radius 2 is 2.08 bits per heavy atom. The van der Waals surface area contributed by atoms with Gasteiger partial charge < -0.3 is 9.64 Å². The van der Waals surface area contributed by atoms with Crippen LogP contribution in [-0.4, -0.2) is 37.4 Å². The van der Waals surface area contributed by atoms with Gasteiger partial charge in [0, 0.05) is 31.0 Å². The number of methoxy groups -OCH3 is 1. The molecule has 2 aromatic rings. The monoisotopic (exact) mass is 322 g/mol. The second kappa shape index (κ2) is 7.46. The Morgan fingerprint density at radius 1 is 1.29 bits per heavy atom. The van der Waals surface area contributed by atoms with Crippen molar-refractivity contribution < 1.29 is 9.53 Å². The lowest BCUT2D eigenvalue weighted by Gasteiger charge is -2.31. The van der Waals surface area contributed by atoms with Crippen LogP contribution in [0, 0.1) is 17.2 Å². The number of ketones is 1. The summed E-state index contributed by atoms with van der Waals surface area (Å²) >= 11 is 0. The van der Waals surface area contributed by atoms with Crippen LogP contribution in [0.3, 0.4) is 0 Å². The van der Waals surface area contributed by atoms with Crippen LogP contribution < -0.4 is 4.74 Å². The van der Waals surface area contributed by atoms with Gasteiger partial charge in [0.05, 0.1) is 13.2 Å². The van der Waals surface area contributed by atoms with E-state index in [0.717, 1.165) is 54.6 Å². The second-order valence-corrected chi connectivity index (χ2v) is 6.34. The van der Waals surface area contributed by atoms with Crippen LogP contribution in [0.1, 0.15) is 29.6 Å². The molecule has 0 bridgehead atoms. The number of fused-ring (bicyclic) bond motifs is 1. The third kappa shape index (κ3) is 3.58. The van der Waals surface area contributed by atoms with Crippen molar-refractivity contribution in [1.29, 1.82) is 5.26 Å². The molecule has 24 heavy (non-hydrogen) atoms. The maximum atomic E-state index is 12.9. The molecule has 1 heterocycles. The zero-order valence-electron chi connectivity index (χ0n) is 14.0. The first kappa shape index (κ1) is 16.5. The molecule has 4 heteroatoms. The Balaban J connectivity index is 1.76. The van der Waals surface area contributed by atoms with Gasteiger partial charge in [-0.2, -0.15) is 5.26 Å². The van der Waals surface area contributed by atoms with E-state index < -0.39 is 0 Å². The summed E-state index contributed by atoms with van der Waals surface area (Å²) in [6, 6.07) is 14.0. The molecule has 1 aliphatic rings. The van der Waals surface area contributed by atoms with Crippen molar-refractivity contribution in [1.82, 2.24) is 4.90 Å². The highest BCUT2D eigenvalue weighted by Gasteiger charge is 2.26. The van der Waals surface area contributed by atoms with Gasteiger partial charge in [-0.15, -0.1) is 0 Å². The zero-order chi connectivity index (χ0) is 16.9. The number of benzene rings is 2. The van der Waals surface area contributed by atoms with E-state index in [1.807, 2.05) is 36.4 Å². The topological polar surface area (TPSA) is 53.3 Å². The van der Waals surface area contributed by atoms with E-state index in [2.05, 4.69) is 11.0 Å². The average Bonchev–Trinajstić information content (AvgIpc) is 2.65. The quantitative estimate of drug-likeness (QED) is 0.788. The van der Waals surface area contributed by atoms with Gasteiger partial charge in [0.15, 0.2) is 5.78 Å². The standard InChI is InChI=1S/C20H22N2O2/c1-24-19-8-7-15-12-17(6-5-16(15)13-19)20(23)18-4-2-10-22(14-18)11-3-9-21/h5-8,12-13,18H,2-4,10-11,14H2,1H3. The molecule has 0 radical (unpaired) electrons. The summed E-state index contributed by atoms with van der Waals surface area (Å²) in [5, 5.41) is 10.9. The molecule has 1 unspecified atom stereocenters. The fourth-order valence-corrected chi connectivity index (χ4v) is 3.42. The molecule has 1 saturated heterocycles. The molecule has 4 nitrogen and oxygen atoms in total. The van der Waals surface area contributed by atoms with Gasteiger partial charge in [0.25, 0.3) is 0 Å². The average molecular weight is 322 g/mol. The van der Waals surface area contributed by atoms with E-state index in [1.165, 1.54) is 0 Å². The number of nitrogens with zero attached hydrogens (tertiary/aromatic N) is 2. The largest absolute Gasteiger partial charge is 0.497 e. The van der Waals surface area contributed by atoms with Gasteiger partial charge in [0.2, 0.25) is 0 Å². The Bertz CT molecular complexity index is 779. The van der Waals surface area contributed by atoms with Crippen LogP contribution in [0.15, 0.2) is 36.4 Å². The van der Waals surface area contributed by atoms with E-state index in [-0.39, 0.29) is 11.7 Å². The SMILES string of the molecule is COc1ccc2cc(C(=O)C3CCCN(CCC#N)C3)ccc2c1. The van der Waals surface area contributed by atoms with Crippen molar-refractivity contribution in [2.75, 3.05) is 26.7 Å². The molecular formula is C20H22N2O2. The molecule has 0 spiro atoms. The Labute approximate surface area is 142 Å². The van der Waals surface area contributed by atoms with Gasteiger partial charge in [-0.25, -0.2) is 0 Å². The number of nitriles is 1. The van der Waals surface area contributed by atoms with Gasteiger partial charge >= 0.3 is 0 Å². The highest BCUT2D eigenvalue weighted by molar-refractivity contribution is 6.01. The van der Waals surface area contributed by atoms with Crippen molar-refractivity contribution >= 4 is 16.6 Å². The molecule has 1 fully saturated rings. The molecule has 1 atom stereocenters. The number of rotatable bonds is 5. The smallest absolute Gasteiger partial charge is 0.167 e. The third-order valence-corrected chi connectivity index (χ3v) is 4.75. The lowest BCUT2D eigenvalue weighted by molar-refractivity contribution is 0.0822. The predicted molar refractivity (Wildman–Crippen MR) is 94.2 cm³/mol. The number of piperidine rings is 1. The minimum atomic E-state index is 0.0353. The molecule has 124 valence electrons. The fraction of sp³-hybridized carbons (Fsp3) is 0.400. The van der Waals surface area contributed by atoms with Crippen LogP contribution in [0.2, 0.25) is 0 Å². The lowest BCUT2D eigenvalue weighted by atomic mass is 9.89. The van der Waals surface area contributed by atoms with E-state index in [1.54, 1.807) is 7.11 Å². The maximum absolute atomic E-state index is 12.9. The van der Waals surface area contributed by atoms with E-state index in [9.17, 15) is 4.79 Å². The molecule has 0 saturated carbocycles. The highest BCUT2D eigenvalue weighted by Crippen LogP contribution is 2.25. The first-order valence-electron chi connectivity index (χ1n) is 8.42. The zero-order valence-corrected chi connectivity index (χ0v) is 14.0. The molecule has 0 aliphatic carbocycles. The van der Waals surface area contributed by atoms with Gasteiger partial charge in [-0.05, 0) is 48.4 Å². The van der Waals surface area contributed by atoms with E-state index in [0.29, 0.717) is 6.42 Å². The number of Topliss-reactive ketones (excluding diaryl/α,β-unsaturated/α-hetero) is 1. The van der Waals surface area contributed by atoms with E-state index in [4.69, 9.17) is 10.00 Å². The molecule has 0 N–H and O–H groups in total. The first-order chi connectivity index (χ1) is 11.7. The summed E-state index contributed by atoms with van der Waals surface area (Å²) in [4.78, 5) is 15.1. The van der Waals surface area contributed by atoms with Crippen molar-refractivity contribution in [2.24, 2.45) is 5.92 Å². The summed E-state index contributed by atoms with van der Waals surface area (Å²) in [7, 11) is 1.65. The van der Waals surface area contributed by atoms with Gasteiger partial charge in [-0.3, -0.25) is 4.79 Å². The Hall–Kier alpha value is -2.38. The number of ether oxygens (including phenoxy) is 1. The lowest BCUT2D eigenvalue weighted by Crippen LogP contribution is -2.39. The molecule has 2 aromatic carbocycles. The van der Waals surface area contributed by atoms with Crippen LogP contribution >= 0.6 is 0 Å². The van der Waals surface area contributed by atoms with Crippen LogP contribution in [-0.2, 0) is 0 Å². The summed E-state index contributed by atoms with van der Waals surface area (Å²) in [6.07, 6.45) is 2.48. The minimum Gasteiger partial charge on any atom is -0.497 e. The summed E-state index contributed by atoms with van der Waals surface area (Å²) in [5.41, 5.74) is 0.778. The normalized spacial score (nSPS) is 18.2. The summed E-state index contributed by atoms with van der Waals surface area (Å²) in [5.74, 6) is 1.07.